The van der Waals surface area contributed by atoms with Crippen LogP contribution in [0.1, 0.15) is 21.7 Å². The first-order chi connectivity index (χ1) is 15.5. The van der Waals surface area contributed by atoms with E-state index >= 15 is 0 Å². The van der Waals surface area contributed by atoms with E-state index in [4.69, 9.17) is 13.9 Å². The molecular formula is C24H27N3O5. The Labute approximate surface area is 187 Å². The van der Waals surface area contributed by atoms with Crippen LogP contribution in [0.4, 0.5) is 5.69 Å². The number of rotatable bonds is 10. The van der Waals surface area contributed by atoms with Crippen molar-refractivity contribution in [1.29, 1.82) is 0 Å². The van der Waals surface area contributed by atoms with Crippen molar-refractivity contribution in [3.8, 4) is 11.5 Å². The van der Waals surface area contributed by atoms with Gasteiger partial charge in [-0.3, -0.25) is 14.5 Å². The lowest BCUT2D eigenvalue weighted by atomic mass is 10.1. The summed E-state index contributed by atoms with van der Waals surface area (Å²) in [6.07, 6.45) is 1.55. The minimum atomic E-state index is -0.295. The molecule has 0 bridgehead atoms. The van der Waals surface area contributed by atoms with E-state index in [9.17, 15) is 9.59 Å². The summed E-state index contributed by atoms with van der Waals surface area (Å²) in [4.78, 5) is 27.1. The molecule has 0 atom stereocenters. The highest BCUT2D eigenvalue weighted by Crippen LogP contribution is 2.28. The van der Waals surface area contributed by atoms with Crippen molar-refractivity contribution in [2.24, 2.45) is 0 Å². The number of methoxy groups -OCH3 is 2. The number of amides is 2. The third-order valence-corrected chi connectivity index (χ3v) is 4.76. The zero-order valence-corrected chi connectivity index (χ0v) is 18.4. The van der Waals surface area contributed by atoms with Crippen LogP contribution in [-0.4, -0.2) is 44.5 Å². The van der Waals surface area contributed by atoms with Gasteiger partial charge in [0.25, 0.3) is 5.91 Å². The molecule has 0 aliphatic carbocycles. The van der Waals surface area contributed by atoms with Gasteiger partial charge in [-0.15, -0.1) is 0 Å². The van der Waals surface area contributed by atoms with Gasteiger partial charge in [0.2, 0.25) is 5.91 Å². The zero-order valence-electron chi connectivity index (χ0n) is 18.4. The predicted molar refractivity (Wildman–Crippen MR) is 121 cm³/mol. The van der Waals surface area contributed by atoms with Crippen molar-refractivity contribution in [1.82, 2.24) is 10.2 Å². The lowest BCUT2D eigenvalue weighted by Crippen LogP contribution is -2.31. The first-order valence-corrected chi connectivity index (χ1v) is 10.1. The Morgan fingerprint density at radius 1 is 1.00 bits per heavy atom. The zero-order chi connectivity index (χ0) is 22.9. The summed E-state index contributed by atoms with van der Waals surface area (Å²) in [5, 5.41) is 5.62. The number of anilines is 1. The third-order valence-electron chi connectivity index (χ3n) is 4.76. The van der Waals surface area contributed by atoms with Gasteiger partial charge in [-0.25, -0.2) is 0 Å². The van der Waals surface area contributed by atoms with Gasteiger partial charge in [0.15, 0.2) is 11.5 Å². The van der Waals surface area contributed by atoms with Gasteiger partial charge in [0.05, 0.1) is 44.8 Å². The number of hydrogen-bond donors (Lipinski definition) is 2. The molecule has 1 aromatic heterocycles. The van der Waals surface area contributed by atoms with Crippen molar-refractivity contribution >= 4 is 17.5 Å². The molecule has 0 fully saturated rings. The first kappa shape index (κ1) is 22.9. The van der Waals surface area contributed by atoms with Gasteiger partial charge in [-0.1, -0.05) is 18.2 Å². The van der Waals surface area contributed by atoms with Crippen LogP contribution in [0.2, 0.25) is 0 Å². The highest BCUT2D eigenvalue weighted by molar-refractivity contribution is 6.04. The van der Waals surface area contributed by atoms with Crippen LogP contribution in [0.15, 0.2) is 65.3 Å². The number of likely N-dealkylation sites (N-methyl/N-ethyl adjacent to an activating group) is 1. The Balaban J connectivity index is 1.58. The normalized spacial score (nSPS) is 10.6. The van der Waals surface area contributed by atoms with E-state index in [2.05, 4.69) is 10.6 Å². The molecule has 0 aliphatic rings. The van der Waals surface area contributed by atoms with Gasteiger partial charge in [0, 0.05) is 6.54 Å². The SMILES string of the molecule is COc1ccc(CN(C)CC(=O)Nc2ccccc2C(=O)NCc2ccco2)cc1OC. The third kappa shape index (κ3) is 6.12. The average Bonchev–Trinajstić information content (AvgIpc) is 3.31. The summed E-state index contributed by atoms with van der Waals surface area (Å²) >= 11 is 0. The topological polar surface area (TPSA) is 93.0 Å². The molecule has 3 aromatic rings. The Morgan fingerprint density at radius 3 is 2.50 bits per heavy atom. The van der Waals surface area contributed by atoms with E-state index in [1.54, 1.807) is 56.9 Å². The van der Waals surface area contributed by atoms with E-state index in [0.717, 1.165) is 5.56 Å². The fourth-order valence-electron chi connectivity index (χ4n) is 3.25. The van der Waals surface area contributed by atoms with E-state index in [-0.39, 0.29) is 24.9 Å². The molecule has 2 amide bonds. The van der Waals surface area contributed by atoms with E-state index in [1.165, 1.54) is 0 Å². The van der Waals surface area contributed by atoms with E-state index in [0.29, 0.717) is 35.1 Å². The fraction of sp³-hybridized carbons (Fsp3) is 0.250. The molecule has 0 radical (unpaired) electrons. The molecule has 2 N–H and O–H groups in total. The number of furan rings is 1. The van der Waals surface area contributed by atoms with Gasteiger partial charge in [0.1, 0.15) is 5.76 Å². The molecule has 2 aromatic carbocycles. The number of para-hydroxylation sites is 1. The summed E-state index contributed by atoms with van der Waals surface area (Å²) in [6.45, 7) is 0.956. The number of carbonyl (C=O) groups excluding carboxylic acids is 2. The predicted octanol–water partition coefficient (Wildman–Crippen LogP) is 3.30. The minimum absolute atomic E-state index is 0.149. The van der Waals surface area contributed by atoms with Gasteiger partial charge in [-0.05, 0) is 49.0 Å². The first-order valence-electron chi connectivity index (χ1n) is 10.1. The van der Waals surface area contributed by atoms with E-state index in [1.807, 2.05) is 30.1 Å². The fourth-order valence-corrected chi connectivity index (χ4v) is 3.25. The molecular weight excluding hydrogens is 410 g/mol. The van der Waals surface area contributed by atoms with Crippen LogP contribution in [0.3, 0.4) is 0 Å². The second-order valence-corrected chi connectivity index (χ2v) is 7.22. The number of benzene rings is 2. The van der Waals surface area contributed by atoms with Crippen LogP contribution in [0.5, 0.6) is 11.5 Å². The van der Waals surface area contributed by atoms with Crippen LogP contribution < -0.4 is 20.1 Å². The largest absolute Gasteiger partial charge is 0.493 e. The maximum atomic E-state index is 12.6. The molecule has 168 valence electrons. The van der Waals surface area contributed by atoms with Gasteiger partial charge in [-0.2, -0.15) is 0 Å². The Bertz CT molecular complexity index is 1050. The van der Waals surface area contributed by atoms with Crippen LogP contribution in [-0.2, 0) is 17.9 Å². The summed E-state index contributed by atoms with van der Waals surface area (Å²) in [7, 11) is 5.02. The van der Waals surface area contributed by atoms with Gasteiger partial charge >= 0.3 is 0 Å². The molecule has 3 rings (SSSR count). The monoisotopic (exact) mass is 437 g/mol. The summed E-state index contributed by atoms with van der Waals surface area (Å²) in [6, 6.07) is 16.1. The summed E-state index contributed by atoms with van der Waals surface area (Å²) < 4.78 is 15.8. The maximum Gasteiger partial charge on any atom is 0.253 e. The van der Waals surface area contributed by atoms with E-state index < -0.39 is 0 Å². The highest BCUT2D eigenvalue weighted by atomic mass is 16.5. The highest BCUT2D eigenvalue weighted by Gasteiger charge is 2.15. The lowest BCUT2D eigenvalue weighted by molar-refractivity contribution is -0.117. The van der Waals surface area contributed by atoms with Gasteiger partial charge < -0.3 is 24.5 Å². The quantitative estimate of drug-likeness (QED) is 0.506. The molecule has 0 unspecified atom stereocenters. The number of carbonyl (C=O) groups is 2. The van der Waals surface area contributed by atoms with Crippen molar-refractivity contribution in [3.63, 3.8) is 0 Å². The molecule has 8 nitrogen and oxygen atoms in total. The minimum Gasteiger partial charge on any atom is -0.493 e. The van der Waals surface area contributed by atoms with Crippen molar-refractivity contribution in [3.05, 3.63) is 77.7 Å². The number of nitrogens with one attached hydrogen (secondary N) is 2. The second-order valence-electron chi connectivity index (χ2n) is 7.22. The number of hydrogen-bond acceptors (Lipinski definition) is 6. The Morgan fingerprint density at radius 2 is 1.78 bits per heavy atom. The van der Waals surface area contributed by atoms with Crippen molar-refractivity contribution in [2.45, 2.75) is 13.1 Å². The maximum absolute atomic E-state index is 12.6. The molecule has 0 saturated heterocycles. The summed E-state index contributed by atoms with van der Waals surface area (Å²) in [5.41, 5.74) is 1.82. The average molecular weight is 437 g/mol. The van der Waals surface area contributed by atoms with Crippen LogP contribution >= 0.6 is 0 Å². The molecule has 0 aliphatic heterocycles. The standard InChI is InChI=1S/C24H27N3O5/c1-27(15-17-10-11-21(30-2)22(13-17)31-3)16-23(28)26-20-9-5-4-8-19(20)24(29)25-14-18-7-6-12-32-18/h4-13H,14-16H2,1-3H3,(H,25,29)(H,26,28). The Hall–Kier alpha value is -3.78. The van der Waals surface area contributed by atoms with Crippen LogP contribution in [0, 0.1) is 0 Å². The smallest absolute Gasteiger partial charge is 0.253 e. The Kier molecular flexibility index (Phi) is 7.88. The number of ether oxygens (including phenoxy) is 2. The van der Waals surface area contributed by atoms with Crippen LogP contribution in [0.25, 0.3) is 0 Å². The molecule has 8 heteroatoms. The lowest BCUT2D eigenvalue weighted by Gasteiger charge is -2.18. The molecule has 0 saturated carbocycles. The molecule has 32 heavy (non-hydrogen) atoms. The number of nitrogens with zero attached hydrogens (tertiary/aromatic N) is 1. The van der Waals surface area contributed by atoms with Crippen molar-refractivity contribution in [2.75, 3.05) is 33.1 Å². The second kappa shape index (κ2) is 11.0. The molecule has 1 heterocycles. The summed E-state index contributed by atoms with van der Waals surface area (Å²) in [5.74, 6) is 1.42. The van der Waals surface area contributed by atoms with Crippen molar-refractivity contribution < 1.29 is 23.5 Å². The molecule has 0 spiro atoms.